The van der Waals surface area contributed by atoms with Crippen molar-refractivity contribution in [1.82, 2.24) is 9.97 Å². The monoisotopic (exact) mass is 398 g/mol. The van der Waals surface area contributed by atoms with Crippen LogP contribution in [-0.2, 0) is 18.6 Å². The molecule has 1 aromatic carbocycles. The molecule has 3 aromatic rings. The van der Waals surface area contributed by atoms with Crippen LogP contribution in [0.3, 0.4) is 0 Å². The normalized spacial score (nSPS) is 14.5. The highest BCUT2D eigenvalue weighted by atomic mass is 32.2. The van der Waals surface area contributed by atoms with E-state index in [0.29, 0.717) is 16.7 Å². The molecule has 0 unspecified atom stereocenters. The summed E-state index contributed by atoms with van der Waals surface area (Å²) in [5.74, 6) is 1.14. The lowest BCUT2D eigenvalue weighted by molar-refractivity contribution is 0.700. The van der Waals surface area contributed by atoms with Gasteiger partial charge in [-0.05, 0) is 56.2 Å². The van der Waals surface area contributed by atoms with Gasteiger partial charge in [-0.15, -0.1) is 11.3 Å². The zero-order valence-corrected chi connectivity index (χ0v) is 17.1. The highest BCUT2D eigenvalue weighted by molar-refractivity contribution is 8.13. The summed E-state index contributed by atoms with van der Waals surface area (Å²) in [5.41, 5.74) is 10.4. The minimum absolute atomic E-state index is 0.0275. The summed E-state index contributed by atoms with van der Waals surface area (Å²) in [5, 5.41) is 1.27. The van der Waals surface area contributed by atoms with Crippen LogP contribution in [0.1, 0.15) is 40.2 Å². The molecular weight excluding hydrogens is 376 g/mol. The number of aromatic nitrogens is 2. The summed E-state index contributed by atoms with van der Waals surface area (Å²) in [6, 6.07) is 6.06. The van der Waals surface area contributed by atoms with Gasteiger partial charge in [-0.25, -0.2) is 9.98 Å². The van der Waals surface area contributed by atoms with Crippen molar-refractivity contribution >= 4 is 44.2 Å². The van der Waals surface area contributed by atoms with E-state index in [1.807, 2.05) is 32.0 Å². The van der Waals surface area contributed by atoms with Gasteiger partial charge in [-0.1, -0.05) is 30.0 Å². The van der Waals surface area contributed by atoms with E-state index in [-0.39, 0.29) is 5.56 Å². The summed E-state index contributed by atoms with van der Waals surface area (Å²) in [6.45, 7) is 4.05. The maximum Gasteiger partial charge on any atom is 0.259 e. The second-order valence-corrected chi connectivity index (χ2v) is 8.96. The van der Waals surface area contributed by atoms with Gasteiger partial charge in [0, 0.05) is 4.88 Å². The first-order valence-corrected chi connectivity index (χ1v) is 10.9. The first-order chi connectivity index (χ1) is 13.0. The van der Waals surface area contributed by atoms with Crippen molar-refractivity contribution in [2.24, 2.45) is 10.7 Å². The fourth-order valence-electron chi connectivity index (χ4n) is 3.54. The van der Waals surface area contributed by atoms with Crippen molar-refractivity contribution < 1.29 is 0 Å². The second kappa shape index (κ2) is 7.48. The van der Waals surface area contributed by atoms with Crippen molar-refractivity contribution in [3.05, 3.63) is 55.9 Å². The Balaban J connectivity index is 1.57. The molecule has 5 nitrogen and oxygen atoms in total. The molecule has 27 heavy (non-hydrogen) atoms. The maximum atomic E-state index is 12.6. The summed E-state index contributed by atoms with van der Waals surface area (Å²) in [6.07, 6.45) is 4.41. The first kappa shape index (κ1) is 18.3. The molecule has 0 spiro atoms. The number of nitrogens with one attached hydrogen (secondary N) is 1. The number of fused-ring (bicyclic) bond motifs is 3. The standard InChI is InChI=1S/C20H22N4OS2/c1-11-6-5-7-12(2)17(11)24-20(21)26-10-15-22-18(25)16-13-8-3-4-9-14(13)27-19(16)23-15/h5-7H,3-4,8-10H2,1-2H3,(H2,21,24)(H,22,23,25). The smallest absolute Gasteiger partial charge is 0.259 e. The number of nitrogens with zero attached hydrogens (tertiary/aromatic N) is 2. The number of amidine groups is 1. The molecule has 2 heterocycles. The Morgan fingerprint density at radius 2 is 2.04 bits per heavy atom. The minimum atomic E-state index is -0.0275. The Morgan fingerprint density at radius 1 is 1.30 bits per heavy atom. The van der Waals surface area contributed by atoms with Crippen molar-refractivity contribution in [2.45, 2.75) is 45.3 Å². The number of nitrogens with two attached hydrogens (primary N) is 1. The molecule has 2 aromatic heterocycles. The second-order valence-electron chi connectivity index (χ2n) is 6.88. The average molecular weight is 399 g/mol. The van der Waals surface area contributed by atoms with Crippen LogP contribution in [-0.4, -0.2) is 15.1 Å². The lowest BCUT2D eigenvalue weighted by Gasteiger charge is -2.09. The zero-order valence-electron chi connectivity index (χ0n) is 15.5. The molecule has 1 aliphatic carbocycles. The Bertz CT molecular complexity index is 1080. The van der Waals surface area contributed by atoms with Crippen LogP contribution >= 0.6 is 23.1 Å². The molecule has 0 radical (unpaired) electrons. The van der Waals surface area contributed by atoms with Crippen LogP contribution in [0, 0.1) is 13.8 Å². The van der Waals surface area contributed by atoms with E-state index in [4.69, 9.17) is 5.73 Å². The number of thioether (sulfide) groups is 1. The van der Waals surface area contributed by atoms with Crippen LogP contribution in [0.4, 0.5) is 5.69 Å². The largest absolute Gasteiger partial charge is 0.378 e. The highest BCUT2D eigenvalue weighted by Gasteiger charge is 2.19. The molecule has 0 atom stereocenters. The van der Waals surface area contributed by atoms with E-state index >= 15 is 0 Å². The van der Waals surface area contributed by atoms with Gasteiger partial charge in [0.25, 0.3) is 5.56 Å². The van der Waals surface area contributed by atoms with Gasteiger partial charge >= 0.3 is 0 Å². The average Bonchev–Trinajstić information content (AvgIpc) is 3.02. The van der Waals surface area contributed by atoms with Crippen LogP contribution in [0.2, 0.25) is 0 Å². The Labute approximate surface area is 166 Å². The van der Waals surface area contributed by atoms with E-state index in [1.54, 1.807) is 11.3 Å². The third-order valence-corrected chi connectivity index (χ3v) is 6.88. The number of aromatic amines is 1. The van der Waals surface area contributed by atoms with E-state index < -0.39 is 0 Å². The quantitative estimate of drug-likeness (QED) is 0.507. The van der Waals surface area contributed by atoms with Gasteiger partial charge in [-0.2, -0.15) is 0 Å². The number of rotatable bonds is 3. The van der Waals surface area contributed by atoms with Gasteiger partial charge in [-0.3, -0.25) is 4.79 Å². The number of aliphatic imine (C=N–C) groups is 1. The van der Waals surface area contributed by atoms with Crippen molar-refractivity contribution in [1.29, 1.82) is 0 Å². The van der Waals surface area contributed by atoms with Crippen LogP contribution in [0.15, 0.2) is 28.0 Å². The Hall–Kier alpha value is -2.12. The minimum Gasteiger partial charge on any atom is -0.378 e. The van der Waals surface area contributed by atoms with Crippen LogP contribution in [0.25, 0.3) is 10.2 Å². The summed E-state index contributed by atoms with van der Waals surface area (Å²) >= 11 is 3.06. The number of hydrogen-bond acceptors (Lipinski definition) is 5. The van der Waals surface area contributed by atoms with Gasteiger partial charge in [0.05, 0.1) is 16.8 Å². The number of benzene rings is 1. The summed E-state index contributed by atoms with van der Waals surface area (Å²) in [7, 11) is 0. The predicted octanol–water partition coefficient (Wildman–Crippen LogP) is 4.36. The van der Waals surface area contributed by atoms with Gasteiger partial charge < -0.3 is 10.7 Å². The number of aryl methyl sites for hydroxylation is 4. The molecule has 0 saturated heterocycles. The third kappa shape index (κ3) is 3.66. The van der Waals surface area contributed by atoms with Crippen molar-refractivity contribution in [3.63, 3.8) is 0 Å². The van der Waals surface area contributed by atoms with E-state index in [2.05, 4.69) is 15.0 Å². The lowest BCUT2D eigenvalue weighted by atomic mass is 9.97. The fourth-order valence-corrected chi connectivity index (χ4v) is 5.40. The number of H-pyrrole nitrogens is 1. The molecule has 0 bridgehead atoms. The Morgan fingerprint density at radius 3 is 2.81 bits per heavy atom. The molecule has 1 aliphatic rings. The Kier molecular flexibility index (Phi) is 5.06. The maximum absolute atomic E-state index is 12.6. The van der Waals surface area contributed by atoms with Crippen molar-refractivity contribution in [2.75, 3.05) is 0 Å². The van der Waals surface area contributed by atoms with E-state index in [0.717, 1.165) is 46.3 Å². The molecule has 0 aliphatic heterocycles. The van der Waals surface area contributed by atoms with Crippen molar-refractivity contribution in [3.8, 4) is 0 Å². The van der Waals surface area contributed by atoms with E-state index in [1.165, 1.54) is 28.6 Å². The SMILES string of the molecule is Cc1cccc(C)c1N=C(N)SCc1nc2sc3c(c2c(=O)[nH]1)CCCC3. The molecular formula is C20H22N4OS2. The first-order valence-electron chi connectivity index (χ1n) is 9.09. The van der Waals surface area contributed by atoms with E-state index in [9.17, 15) is 4.79 Å². The number of para-hydroxylation sites is 1. The molecule has 0 fully saturated rings. The topological polar surface area (TPSA) is 84.1 Å². The number of thiophene rings is 1. The van der Waals surface area contributed by atoms with Crippen LogP contribution in [0.5, 0.6) is 0 Å². The highest BCUT2D eigenvalue weighted by Crippen LogP contribution is 2.33. The van der Waals surface area contributed by atoms with Crippen LogP contribution < -0.4 is 11.3 Å². The molecule has 4 rings (SSSR count). The predicted molar refractivity (Wildman–Crippen MR) is 115 cm³/mol. The lowest BCUT2D eigenvalue weighted by Crippen LogP contribution is -2.14. The number of hydrogen-bond donors (Lipinski definition) is 2. The summed E-state index contributed by atoms with van der Waals surface area (Å²) in [4.78, 5) is 27.0. The fraction of sp³-hybridized carbons (Fsp3) is 0.350. The molecule has 140 valence electrons. The molecule has 0 amide bonds. The molecule has 0 saturated carbocycles. The third-order valence-electron chi connectivity index (χ3n) is 4.89. The van der Waals surface area contributed by atoms with Gasteiger partial charge in [0.2, 0.25) is 0 Å². The summed E-state index contributed by atoms with van der Waals surface area (Å²) < 4.78 is 0. The van der Waals surface area contributed by atoms with Gasteiger partial charge in [0.1, 0.15) is 10.7 Å². The molecule has 7 heteroatoms. The molecule has 3 N–H and O–H groups in total. The van der Waals surface area contributed by atoms with Gasteiger partial charge in [0.15, 0.2) is 5.17 Å². The zero-order chi connectivity index (χ0) is 19.0.